The average molecular weight is 330 g/mol. The van der Waals surface area contributed by atoms with Crippen LogP contribution in [0, 0.1) is 0 Å². The van der Waals surface area contributed by atoms with Crippen molar-refractivity contribution in [2.45, 2.75) is 51.9 Å². The van der Waals surface area contributed by atoms with E-state index >= 15 is 0 Å². The first-order valence-electron chi connectivity index (χ1n) is 7.16. The van der Waals surface area contributed by atoms with Gasteiger partial charge in [0.2, 0.25) is 5.95 Å². The van der Waals surface area contributed by atoms with Crippen LogP contribution in [0.3, 0.4) is 0 Å². The molecule has 1 rings (SSSR count). The number of hydrogen-bond acceptors (Lipinski definition) is 3. The number of carbonyl (C=O) groups is 1. The van der Waals surface area contributed by atoms with Crippen LogP contribution in [-0.2, 0) is 0 Å². The lowest BCUT2D eigenvalue weighted by Gasteiger charge is -2.03. The fraction of sp³-hybridized carbons (Fsp3) is 0.714. The number of rotatable bonds is 11. The van der Waals surface area contributed by atoms with Crippen molar-refractivity contribution < 1.29 is 4.79 Å². The molecule has 2 N–H and O–H groups in total. The molecule has 0 saturated carbocycles. The van der Waals surface area contributed by atoms with E-state index in [1.165, 1.54) is 38.5 Å². The molecular formula is C14H24BrN3O. The molecule has 1 aromatic rings. The third kappa shape index (κ3) is 6.76. The van der Waals surface area contributed by atoms with Crippen LogP contribution in [0.5, 0.6) is 0 Å². The number of imidazole rings is 1. The van der Waals surface area contributed by atoms with E-state index in [2.05, 4.69) is 38.1 Å². The van der Waals surface area contributed by atoms with Gasteiger partial charge in [-0.3, -0.25) is 4.79 Å². The van der Waals surface area contributed by atoms with Gasteiger partial charge in [-0.25, -0.2) is 4.98 Å². The molecule has 1 aromatic heterocycles. The minimum Gasteiger partial charge on any atom is -0.356 e. The van der Waals surface area contributed by atoms with Gasteiger partial charge in [0.15, 0.2) is 5.78 Å². The van der Waals surface area contributed by atoms with Crippen molar-refractivity contribution in [1.29, 1.82) is 0 Å². The molecule has 0 bridgehead atoms. The number of H-pyrrole nitrogens is 1. The predicted octanol–water partition coefficient (Wildman–Crippen LogP) is 4.15. The number of halogens is 1. The van der Waals surface area contributed by atoms with Gasteiger partial charge in [-0.1, -0.05) is 61.4 Å². The number of nitrogens with one attached hydrogen (secondary N) is 2. The van der Waals surface area contributed by atoms with Gasteiger partial charge >= 0.3 is 0 Å². The van der Waals surface area contributed by atoms with Crippen molar-refractivity contribution in [3.05, 3.63) is 11.9 Å². The van der Waals surface area contributed by atoms with Gasteiger partial charge in [-0.05, 0) is 6.42 Å². The molecule has 0 fully saturated rings. The Bertz CT molecular complexity index is 365. The summed E-state index contributed by atoms with van der Waals surface area (Å²) in [5.41, 5.74) is 0.555. The summed E-state index contributed by atoms with van der Waals surface area (Å²) in [5.74, 6) is 0.715. The second-order valence-corrected chi connectivity index (χ2v) is 5.31. The van der Waals surface area contributed by atoms with E-state index in [0.29, 0.717) is 17.0 Å². The summed E-state index contributed by atoms with van der Waals surface area (Å²) in [4.78, 5) is 18.5. The first-order valence-corrected chi connectivity index (χ1v) is 8.28. The number of ketones is 1. The SMILES string of the molecule is CCCCCCCCCNc1ncc(C(=O)CBr)[nH]1. The van der Waals surface area contributed by atoms with Crippen LogP contribution in [0.1, 0.15) is 62.4 Å². The van der Waals surface area contributed by atoms with Crippen molar-refractivity contribution in [2.24, 2.45) is 0 Å². The summed E-state index contributed by atoms with van der Waals surface area (Å²) < 4.78 is 0. The zero-order valence-corrected chi connectivity index (χ0v) is 13.3. The lowest BCUT2D eigenvalue weighted by molar-refractivity contribution is 0.101. The molecule has 19 heavy (non-hydrogen) atoms. The van der Waals surface area contributed by atoms with Crippen molar-refractivity contribution >= 4 is 27.7 Å². The number of unbranched alkanes of at least 4 members (excludes halogenated alkanes) is 6. The summed E-state index contributed by atoms with van der Waals surface area (Å²) in [6.45, 7) is 3.14. The molecule has 0 saturated heterocycles. The first-order chi connectivity index (χ1) is 9.27. The molecule has 0 aliphatic rings. The van der Waals surface area contributed by atoms with Crippen molar-refractivity contribution in [3.63, 3.8) is 0 Å². The van der Waals surface area contributed by atoms with E-state index in [1.54, 1.807) is 6.20 Å². The van der Waals surface area contributed by atoms with Crippen LogP contribution in [0.2, 0.25) is 0 Å². The highest BCUT2D eigenvalue weighted by Gasteiger charge is 2.07. The predicted molar refractivity (Wildman–Crippen MR) is 83.2 cm³/mol. The van der Waals surface area contributed by atoms with E-state index in [9.17, 15) is 4.79 Å². The third-order valence-corrected chi connectivity index (χ3v) is 3.58. The Morgan fingerprint density at radius 1 is 1.26 bits per heavy atom. The Morgan fingerprint density at radius 3 is 2.63 bits per heavy atom. The largest absolute Gasteiger partial charge is 0.356 e. The Morgan fingerprint density at radius 2 is 1.95 bits per heavy atom. The lowest BCUT2D eigenvalue weighted by Crippen LogP contribution is -2.04. The molecule has 0 amide bonds. The average Bonchev–Trinajstić information content (AvgIpc) is 2.89. The van der Waals surface area contributed by atoms with Crippen molar-refractivity contribution in [3.8, 4) is 0 Å². The summed E-state index contributed by atoms with van der Waals surface area (Å²) >= 11 is 3.14. The highest BCUT2D eigenvalue weighted by atomic mass is 79.9. The van der Waals surface area contributed by atoms with E-state index in [0.717, 1.165) is 13.0 Å². The summed E-state index contributed by atoms with van der Waals surface area (Å²) in [6.07, 6.45) is 10.7. The molecule has 0 spiro atoms. The van der Waals surface area contributed by atoms with E-state index in [-0.39, 0.29) is 5.78 Å². The number of carbonyl (C=O) groups excluding carboxylic acids is 1. The molecule has 0 unspecified atom stereocenters. The Balaban J connectivity index is 2.06. The zero-order valence-electron chi connectivity index (χ0n) is 11.7. The molecule has 0 aliphatic carbocycles. The number of aromatic amines is 1. The normalized spacial score (nSPS) is 10.6. The summed E-state index contributed by atoms with van der Waals surface area (Å²) in [5, 5.41) is 3.54. The fourth-order valence-electron chi connectivity index (χ4n) is 1.91. The second-order valence-electron chi connectivity index (χ2n) is 4.75. The van der Waals surface area contributed by atoms with Gasteiger partial charge < -0.3 is 10.3 Å². The molecule has 0 atom stereocenters. The number of aromatic nitrogens is 2. The van der Waals surface area contributed by atoms with Gasteiger partial charge in [0, 0.05) is 6.54 Å². The van der Waals surface area contributed by atoms with Crippen LogP contribution >= 0.6 is 15.9 Å². The van der Waals surface area contributed by atoms with Gasteiger partial charge in [-0.2, -0.15) is 0 Å². The number of anilines is 1. The van der Waals surface area contributed by atoms with E-state index in [4.69, 9.17) is 0 Å². The molecule has 108 valence electrons. The van der Waals surface area contributed by atoms with Crippen LogP contribution in [0.4, 0.5) is 5.95 Å². The molecular weight excluding hydrogens is 306 g/mol. The first kappa shape index (κ1) is 16.2. The van der Waals surface area contributed by atoms with Crippen molar-refractivity contribution in [1.82, 2.24) is 9.97 Å². The van der Waals surface area contributed by atoms with Gasteiger partial charge in [0.05, 0.1) is 11.5 Å². The summed E-state index contributed by atoms with van der Waals surface area (Å²) in [6, 6.07) is 0. The fourth-order valence-corrected chi connectivity index (χ4v) is 2.22. The Kier molecular flexibility index (Phi) is 8.54. The molecule has 0 aromatic carbocycles. The van der Waals surface area contributed by atoms with Gasteiger partial charge in [-0.15, -0.1) is 0 Å². The number of alkyl halides is 1. The standard InChI is InChI=1S/C14H24BrN3O/c1-2-3-4-5-6-7-8-9-16-14-17-11-12(18-14)13(19)10-15/h11H,2-10H2,1H3,(H2,16,17,18). The van der Waals surface area contributed by atoms with Crippen molar-refractivity contribution in [2.75, 3.05) is 17.2 Å². The Labute approximate surface area is 123 Å². The van der Waals surface area contributed by atoms with Crippen LogP contribution in [0.15, 0.2) is 6.20 Å². The van der Waals surface area contributed by atoms with Gasteiger partial charge in [0.1, 0.15) is 5.69 Å². The van der Waals surface area contributed by atoms with E-state index < -0.39 is 0 Å². The minimum absolute atomic E-state index is 0.0245. The van der Waals surface area contributed by atoms with Crippen LogP contribution in [0.25, 0.3) is 0 Å². The monoisotopic (exact) mass is 329 g/mol. The maximum atomic E-state index is 11.4. The topological polar surface area (TPSA) is 57.8 Å². The highest BCUT2D eigenvalue weighted by molar-refractivity contribution is 9.09. The maximum absolute atomic E-state index is 11.4. The van der Waals surface area contributed by atoms with Crippen LogP contribution in [-0.4, -0.2) is 27.6 Å². The third-order valence-electron chi connectivity index (χ3n) is 3.07. The molecule has 5 heteroatoms. The number of Topliss-reactive ketones (excluding diaryl/α,β-unsaturated/α-hetero) is 1. The lowest BCUT2D eigenvalue weighted by atomic mass is 10.1. The summed E-state index contributed by atoms with van der Waals surface area (Å²) in [7, 11) is 0. The highest BCUT2D eigenvalue weighted by Crippen LogP contribution is 2.08. The van der Waals surface area contributed by atoms with Crippen LogP contribution < -0.4 is 5.32 Å². The number of hydrogen-bond donors (Lipinski definition) is 2. The van der Waals surface area contributed by atoms with E-state index in [1.807, 2.05) is 0 Å². The Hall–Kier alpha value is -0.840. The second kappa shape index (κ2) is 10.0. The molecule has 0 aliphatic heterocycles. The minimum atomic E-state index is 0.0245. The zero-order chi connectivity index (χ0) is 13.9. The number of nitrogens with zero attached hydrogens (tertiary/aromatic N) is 1. The smallest absolute Gasteiger partial charge is 0.200 e. The molecule has 4 nitrogen and oxygen atoms in total. The van der Waals surface area contributed by atoms with Gasteiger partial charge in [0.25, 0.3) is 0 Å². The quantitative estimate of drug-likeness (QED) is 0.364. The maximum Gasteiger partial charge on any atom is 0.200 e. The molecule has 1 heterocycles. The molecule has 0 radical (unpaired) electrons.